The molecule has 0 spiro atoms. The van der Waals surface area contributed by atoms with Crippen LogP contribution in [0.1, 0.15) is 5.69 Å². The average Bonchev–Trinajstić information content (AvgIpc) is 2.48. The van der Waals surface area contributed by atoms with Crippen LogP contribution in [0.5, 0.6) is 5.75 Å². The maximum absolute atomic E-state index is 12.5. The molecule has 0 aliphatic carbocycles. The lowest BCUT2D eigenvalue weighted by molar-refractivity contribution is 0.476. The lowest BCUT2D eigenvalue weighted by Gasteiger charge is -2.09. The summed E-state index contributed by atoms with van der Waals surface area (Å²) in [5.74, 6) is -0.0305. The summed E-state index contributed by atoms with van der Waals surface area (Å²) < 4.78 is 1.97. The van der Waals surface area contributed by atoms with Crippen molar-refractivity contribution in [3.8, 4) is 5.75 Å². The Labute approximate surface area is 138 Å². The van der Waals surface area contributed by atoms with Gasteiger partial charge in [-0.05, 0) is 40.8 Å². The van der Waals surface area contributed by atoms with Crippen LogP contribution in [0.15, 0.2) is 41.6 Å². The third-order valence-corrected chi connectivity index (χ3v) is 4.16. The zero-order chi connectivity index (χ0) is 15.0. The van der Waals surface area contributed by atoms with Gasteiger partial charge in [0.2, 0.25) is 0 Å². The Hall–Kier alpha value is -1.67. The highest BCUT2D eigenvalue weighted by Gasteiger charge is 2.15. The van der Waals surface area contributed by atoms with Gasteiger partial charge in [0, 0.05) is 6.20 Å². The van der Waals surface area contributed by atoms with Gasteiger partial charge in [-0.1, -0.05) is 17.7 Å². The monoisotopic (exact) mass is 413 g/mol. The molecule has 0 aliphatic rings. The summed E-state index contributed by atoms with van der Waals surface area (Å²) in [6.45, 7) is 0.297. The van der Waals surface area contributed by atoms with Crippen LogP contribution in [0.3, 0.4) is 0 Å². The van der Waals surface area contributed by atoms with E-state index < -0.39 is 0 Å². The number of pyridine rings is 1. The number of hydrogen-bond acceptors (Lipinski definition) is 4. The molecule has 0 atom stereocenters. The molecule has 0 amide bonds. The maximum Gasteiger partial charge on any atom is 0.263 e. The van der Waals surface area contributed by atoms with Gasteiger partial charge in [-0.25, -0.2) is 4.98 Å². The lowest BCUT2D eigenvalue weighted by Crippen LogP contribution is -2.22. The summed E-state index contributed by atoms with van der Waals surface area (Å²) in [5.41, 5.74) is 0.656. The molecular weight excluding hydrogens is 405 g/mol. The van der Waals surface area contributed by atoms with Crippen molar-refractivity contribution in [2.45, 2.75) is 6.54 Å². The molecular formula is C14H9ClIN3O2. The summed E-state index contributed by atoms with van der Waals surface area (Å²) >= 11 is 8.07. The van der Waals surface area contributed by atoms with E-state index in [1.807, 2.05) is 40.8 Å². The normalized spacial score (nSPS) is 11.0. The molecule has 2 heterocycles. The third kappa shape index (κ3) is 2.60. The van der Waals surface area contributed by atoms with Gasteiger partial charge < -0.3 is 5.11 Å². The van der Waals surface area contributed by atoms with Crippen molar-refractivity contribution in [3.05, 3.63) is 61.4 Å². The summed E-state index contributed by atoms with van der Waals surface area (Å²) in [5, 5.41) is 10.5. The number of hydrogen-bond donors (Lipinski definition) is 1. The number of phenols is 1. The number of aromatic nitrogens is 3. The molecule has 0 unspecified atom stereocenters. The largest absolute Gasteiger partial charge is 0.505 e. The molecule has 1 aromatic carbocycles. The molecule has 3 aromatic rings. The van der Waals surface area contributed by atoms with E-state index in [4.69, 9.17) is 11.6 Å². The Kier molecular flexibility index (Phi) is 3.81. The molecule has 5 nitrogen and oxygen atoms in total. The quantitative estimate of drug-likeness (QED) is 0.656. The van der Waals surface area contributed by atoms with Gasteiger partial charge in [-0.3, -0.25) is 14.3 Å². The van der Waals surface area contributed by atoms with E-state index in [1.165, 1.54) is 10.9 Å². The average molecular weight is 414 g/mol. The highest BCUT2D eigenvalue weighted by atomic mass is 127. The van der Waals surface area contributed by atoms with E-state index in [1.54, 1.807) is 12.3 Å². The number of halogens is 2. The second-order valence-electron chi connectivity index (χ2n) is 4.41. The molecule has 1 N–H and O–H groups in total. The van der Waals surface area contributed by atoms with E-state index in [9.17, 15) is 9.90 Å². The Bertz CT molecular complexity index is 881. The van der Waals surface area contributed by atoms with E-state index in [0.29, 0.717) is 10.1 Å². The van der Waals surface area contributed by atoms with Crippen LogP contribution in [0, 0.1) is 3.57 Å². The number of fused-ring (bicyclic) bond motifs is 1. The molecule has 106 valence electrons. The van der Waals surface area contributed by atoms with Gasteiger partial charge in [0.1, 0.15) is 5.52 Å². The van der Waals surface area contributed by atoms with Crippen LogP contribution >= 0.6 is 34.2 Å². The fourth-order valence-corrected chi connectivity index (χ4v) is 3.06. The fraction of sp³-hybridized carbons (Fsp3) is 0.0714. The minimum Gasteiger partial charge on any atom is -0.505 e. The predicted octanol–water partition coefficient (Wildman–Crippen LogP) is 2.80. The minimum atomic E-state index is -0.303. The minimum absolute atomic E-state index is 0.0305. The van der Waals surface area contributed by atoms with E-state index in [0.717, 1.165) is 5.69 Å². The number of nitrogens with zero attached hydrogens (tertiary/aromatic N) is 3. The van der Waals surface area contributed by atoms with E-state index >= 15 is 0 Å². The Morgan fingerprint density at radius 3 is 2.86 bits per heavy atom. The summed E-state index contributed by atoms with van der Waals surface area (Å²) in [6, 6.07) is 7.03. The molecule has 21 heavy (non-hydrogen) atoms. The number of benzene rings is 1. The maximum atomic E-state index is 12.5. The van der Waals surface area contributed by atoms with Gasteiger partial charge >= 0.3 is 0 Å². The molecule has 0 radical (unpaired) electrons. The number of aromatic hydroxyl groups is 1. The topological polar surface area (TPSA) is 68.0 Å². The predicted molar refractivity (Wildman–Crippen MR) is 88.7 cm³/mol. The molecule has 0 fully saturated rings. The van der Waals surface area contributed by atoms with Crippen LogP contribution in [0.25, 0.3) is 10.9 Å². The van der Waals surface area contributed by atoms with Gasteiger partial charge in [-0.15, -0.1) is 0 Å². The standard InChI is InChI=1S/C14H9ClIN3O2/c15-9-5-10(16)13(20)12-11(9)14(21)19(7-18-12)6-8-3-1-2-4-17-8/h1-5,7,20H,6H2. The highest BCUT2D eigenvalue weighted by molar-refractivity contribution is 14.1. The van der Waals surface area contributed by atoms with Crippen molar-refractivity contribution in [1.82, 2.24) is 14.5 Å². The number of phenolic OH excluding ortho intramolecular Hbond substituents is 1. The first-order valence-electron chi connectivity index (χ1n) is 6.04. The van der Waals surface area contributed by atoms with Crippen molar-refractivity contribution in [2.75, 3.05) is 0 Å². The molecule has 2 aromatic heterocycles. The molecule has 0 saturated carbocycles. The van der Waals surface area contributed by atoms with Crippen LogP contribution in [0.4, 0.5) is 0 Å². The summed E-state index contributed by atoms with van der Waals surface area (Å²) in [7, 11) is 0. The van der Waals surface area contributed by atoms with Crippen LogP contribution < -0.4 is 5.56 Å². The van der Waals surface area contributed by atoms with Crippen LogP contribution in [-0.4, -0.2) is 19.6 Å². The molecule has 3 rings (SSSR count). The second kappa shape index (κ2) is 5.61. The van der Waals surface area contributed by atoms with Crippen molar-refractivity contribution in [1.29, 1.82) is 0 Å². The molecule has 0 bridgehead atoms. The SMILES string of the molecule is O=c1c2c(Cl)cc(I)c(O)c2ncn1Cc1ccccn1. The van der Waals surface area contributed by atoms with Crippen molar-refractivity contribution in [2.24, 2.45) is 0 Å². The third-order valence-electron chi connectivity index (χ3n) is 3.04. The lowest BCUT2D eigenvalue weighted by atomic mass is 10.2. The van der Waals surface area contributed by atoms with Crippen LogP contribution in [0.2, 0.25) is 5.02 Å². The smallest absolute Gasteiger partial charge is 0.263 e. The summed E-state index contributed by atoms with van der Waals surface area (Å²) in [6.07, 6.45) is 3.06. The first-order valence-corrected chi connectivity index (χ1v) is 7.49. The first kappa shape index (κ1) is 14.3. The first-order chi connectivity index (χ1) is 10.1. The van der Waals surface area contributed by atoms with Crippen molar-refractivity contribution < 1.29 is 5.11 Å². The van der Waals surface area contributed by atoms with E-state index in [2.05, 4.69) is 9.97 Å². The Morgan fingerprint density at radius 2 is 2.14 bits per heavy atom. The van der Waals surface area contributed by atoms with Crippen LogP contribution in [-0.2, 0) is 6.54 Å². The van der Waals surface area contributed by atoms with Gasteiger partial charge in [-0.2, -0.15) is 0 Å². The zero-order valence-electron chi connectivity index (χ0n) is 10.6. The number of rotatable bonds is 2. The molecule has 0 saturated heterocycles. The Balaban J connectivity index is 2.19. The van der Waals surface area contributed by atoms with Gasteiger partial charge in [0.25, 0.3) is 5.56 Å². The summed E-state index contributed by atoms with van der Waals surface area (Å²) in [4.78, 5) is 20.8. The fourth-order valence-electron chi connectivity index (χ4n) is 2.03. The molecule has 0 aliphatic heterocycles. The van der Waals surface area contributed by atoms with Crippen molar-refractivity contribution in [3.63, 3.8) is 0 Å². The van der Waals surface area contributed by atoms with Gasteiger partial charge in [0.05, 0.1) is 32.5 Å². The second-order valence-corrected chi connectivity index (χ2v) is 5.98. The highest BCUT2D eigenvalue weighted by Crippen LogP contribution is 2.31. The molecule has 7 heteroatoms. The Morgan fingerprint density at radius 1 is 1.33 bits per heavy atom. The van der Waals surface area contributed by atoms with Crippen molar-refractivity contribution >= 4 is 45.1 Å². The zero-order valence-corrected chi connectivity index (χ0v) is 13.5. The van der Waals surface area contributed by atoms with Gasteiger partial charge in [0.15, 0.2) is 5.75 Å². The van der Waals surface area contributed by atoms with E-state index in [-0.39, 0.29) is 27.2 Å².